The van der Waals surface area contributed by atoms with Crippen LogP contribution in [-0.4, -0.2) is 46.3 Å². The Kier molecular flexibility index (Phi) is 7.60. The molecule has 0 unspecified atom stereocenters. The average molecular weight is 451 g/mol. The van der Waals surface area contributed by atoms with Gasteiger partial charge in [0.15, 0.2) is 0 Å². The number of likely N-dealkylation sites (tertiary alicyclic amines) is 1. The summed E-state index contributed by atoms with van der Waals surface area (Å²) in [7, 11) is 0. The Hall–Kier alpha value is -2.64. The molecule has 2 heterocycles. The van der Waals surface area contributed by atoms with Crippen LogP contribution in [0.25, 0.3) is 11.4 Å². The van der Waals surface area contributed by atoms with E-state index in [0.717, 1.165) is 37.2 Å². The summed E-state index contributed by atoms with van der Waals surface area (Å²) in [6.45, 7) is 7.18. The quantitative estimate of drug-likeness (QED) is 0.403. The molecule has 7 heteroatoms. The minimum atomic E-state index is 0.0847. The van der Waals surface area contributed by atoms with Gasteiger partial charge >= 0.3 is 0 Å². The number of aryl methyl sites for hydroxylation is 2. The van der Waals surface area contributed by atoms with E-state index in [1.165, 1.54) is 16.0 Å². The number of hydrogen-bond donors (Lipinski definition) is 1. The molecule has 1 amide bonds. The van der Waals surface area contributed by atoms with Gasteiger partial charge in [0.05, 0.1) is 6.54 Å². The van der Waals surface area contributed by atoms with E-state index < -0.39 is 0 Å². The lowest BCUT2D eigenvalue weighted by Gasteiger charge is -2.30. The molecule has 1 aliphatic rings. The lowest BCUT2D eigenvalue weighted by atomic mass is 9.96. The topological polar surface area (TPSA) is 71.3 Å². The highest BCUT2D eigenvalue weighted by Gasteiger charge is 2.25. The molecule has 1 N–H and O–H groups in total. The number of carbonyl (C=O) groups excluding carboxylic acids is 1. The molecule has 1 aromatic heterocycles. The summed E-state index contributed by atoms with van der Waals surface area (Å²) in [4.78, 5) is 20.6. The van der Waals surface area contributed by atoms with E-state index in [-0.39, 0.29) is 11.8 Å². The molecule has 0 radical (unpaired) electrons. The van der Waals surface area contributed by atoms with Crippen molar-refractivity contribution in [1.82, 2.24) is 20.4 Å². The standard InChI is InChI=1S/C25H30N4O2S/c1-18-3-7-20(8-4-18)24-27-23(31-28-24)17-29-14-11-21(12-15-29)25(30)26-13-16-32-22-9-5-19(2)6-10-22/h3-10,21H,11-17H2,1-2H3,(H,26,30). The highest BCUT2D eigenvalue weighted by atomic mass is 32.2. The van der Waals surface area contributed by atoms with Crippen LogP contribution >= 0.6 is 11.8 Å². The number of carbonyl (C=O) groups is 1. The molecule has 168 valence electrons. The molecule has 1 saturated heterocycles. The average Bonchev–Trinajstić information content (AvgIpc) is 3.27. The summed E-state index contributed by atoms with van der Waals surface area (Å²) in [6.07, 6.45) is 1.71. The lowest BCUT2D eigenvalue weighted by Crippen LogP contribution is -2.40. The third-order valence-corrected chi connectivity index (χ3v) is 6.80. The van der Waals surface area contributed by atoms with Crippen molar-refractivity contribution in [2.24, 2.45) is 5.92 Å². The maximum atomic E-state index is 12.5. The molecule has 0 saturated carbocycles. The van der Waals surface area contributed by atoms with E-state index in [0.29, 0.717) is 24.8 Å². The van der Waals surface area contributed by atoms with Gasteiger partial charge in [-0.1, -0.05) is 52.7 Å². The molecular formula is C25H30N4O2S. The highest BCUT2D eigenvalue weighted by molar-refractivity contribution is 7.99. The smallest absolute Gasteiger partial charge is 0.241 e. The Balaban J connectivity index is 1.17. The number of amides is 1. The van der Waals surface area contributed by atoms with E-state index in [9.17, 15) is 4.79 Å². The second-order valence-corrected chi connectivity index (χ2v) is 9.55. The Morgan fingerprint density at radius 3 is 2.41 bits per heavy atom. The number of piperidine rings is 1. The van der Waals surface area contributed by atoms with Gasteiger partial charge in [-0.2, -0.15) is 4.98 Å². The number of nitrogens with zero attached hydrogens (tertiary/aromatic N) is 3. The summed E-state index contributed by atoms with van der Waals surface area (Å²) in [5.41, 5.74) is 3.43. The minimum Gasteiger partial charge on any atom is -0.355 e. The number of nitrogens with one attached hydrogen (secondary N) is 1. The zero-order valence-corrected chi connectivity index (χ0v) is 19.5. The van der Waals surface area contributed by atoms with E-state index >= 15 is 0 Å². The van der Waals surface area contributed by atoms with Crippen LogP contribution < -0.4 is 5.32 Å². The van der Waals surface area contributed by atoms with Crippen molar-refractivity contribution in [3.63, 3.8) is 0 Å². The first kappa shape index (κ1) is 22.6. The van der Waals surface area contributed by atoms with Crippen molar-refractivity contribution < 1.29 is 9.32 Å². The van der Waals surface area contributed by atoms with Gasteiger partial charge in [0.25, 0.3) is 0 Å². The first-order valence-electron chi connectivity index (χ1n) is 11.2. The third kappa shape index (κ3) is 6.20. The summed E-state index contributed by atoms with van der Waals surface area (Å²) in [5, 5.41) is 7.22. The van der Waals surface area contributed by atoms with E-state index in [4.69, 9.17) is 4.52 Å². The van der Waals surface area contributed by atoms with Crippen molar-refractivity contribution in [3.8, 4) is 11.4 Å². The molecule has 1 fully saturated rings. The minimum absolute atomic E-state index is 0.0847. The van der Waals surface area contributed by atoms with E-state index in [1.807, 2.05) is 24.3 Å². The Labute approximate surface area is 193 Å². The molecule has 32 heavy (non-hydrogen) atoms. The van der Waals surface area contributed by atoms with Gasteiger partial charge in [0.2, 0.25) is 17.6 Å². The fraction of sp³-hybridized carbons (Fsp3) is 0.400. The molecule has 3 aromatic rings. The summed E-state index contributed by atoms with van der Waals surface area (Å²) in [5.74, 6) is 2.39. The van der Waals surface area contributed by atoms with Crippen molar-refractivity contribution >= 4 is 17.7 Å². The van der Waals surface area contributed by atoms with Gasteiger partial charge < -0.3 is 9.84 Å². The van der Waals surface area contributed by atoms with Crippen LogP contribution in [-0.2, 0) is 11.3 Å². The van der Waals surface area contributed by atoms with Gasteiger partial charge in [-0.3, -0.25) is 9.69 Å². The van der Waals surface area contributed by atoms with Gasteiger partial charge in [-0.15, -0.1) is 11.8 Å². The normalized spacial score (nSPS) is 15.1. The Morgan fingerprint density at radius 1 is 1.06 bits per heavy atom. The molecule has 0 bridgehead atoms. The van der Waals surface area contributed by atoms with Gasteiger partial charge in [-0.25, -0.2) is 0 Å². The molecule has 0 spiro atoms. The van der Waals surface area contributed by atoms with Crippen LogP contribution in [0.3, 0.4) is 0 Å². The van der Waals surface area contributed by atoms with Crippen LogP contribution in [0.1, 0.15) is 29.9 Å². The predicted molar refractivity (Wildman–Crippen MR) is 127 cm³/mol. The maximum Gasteiger partial charge on any atom is 0.241 e. The monoisotopic (exact) mass is 450 g/mol. The number of hydrogen-bond acceptors (Lipinski definition) is 6. The number of thioether (sulfide) groups is 1. The van der Waals surface area contributed by atoms with Gasteiger partial charge in [0, 0.05) is 28.7 Å². The molecule has 0 aliphatic carbocycles. The van der Waals surface area contributed by atoms with Crippen LogP contribution in [0, 0.1) is 19.8 Å². The highest BCUT2D eigenvalue weighted by Crippen LogP contribution is 2.21. The lowest BCUT2D eigenvalue weighted by molar-refractivity contribution is -0.126. The molecule has 1 aliphatic heterocycles. The largest absolute Gasteiger partial charge is 0.355 e. The third-order valence-electron chi connectivity index (χ3n) is 5.79. The van der Waals surface area contributed by atoms with Gasteiger partial charge in [0.1, 0.15) is 0 Å². The first-order valence-corrected chi connectivity index (χ1v) is 12.1. The molecule has 2 aromatic carbocycles. The van der Waals surface area contributed by atoms with Crippen molar-refractivity contribution in [2.45, 2.75) is 38.1 Å². The second-order valence-electron chi connectivity index (χ2n) is 8.38. The summed E-state index contributed by atoms with van der Waals surface area (Å²) >= 11 is 1.77. The first-order chi connectivity index (χ1) is 15.6. The summed E-state index contributed by atoms with van der Waals surface area (Å²) in [6, 6.07) is 16.6. The zero-order valence-electron chi connectivity index (χ0n) is 18.7. The second kappa shape index (κ2) is 10.8. The Morgan fingerprint density at radius 2 is 1.72 bits per heavy atom. The van der Waals surface area contributed by atoms with E-state index in [1.54, 1.807) is 11.8 Å². The predicted octanol–water partition coefficient (Wildman–Crippen LogP) is 4.47. The number of benzene rings is 2. The zero-order chi connectivity index (χ0) is 22.3. The van der Waals surface area contributed by atoms with Crippen LogP contribution in [0.15, 0.2) is 57.9 Å². The molecule has 0 atom stereocenters. The maximum absolute atomic E-state index is 12.5. The van der Waals surface area contributed by atoms with Crippen LogP contribution in [0.4, 0.5) is 0 Å². The van der Waals surface area contributed by atoms with E-state index in [2.05, 4.69) is 58.5 Å². The van der Waals surface area contributed by atoms with Gasteiger partial charge in [-0.05, 0) is 51.9 Å². The molecular weight excluding hydrogens is 420 g/mol. The summed E-state index contributed by atoms with van der Waals surface area (Å²) < 4.78 is 5.45. The SMILES string of the molecule is Cc1ccc(SCCNC(=O)C2CCN(Cc3nc(-c4ccc(C)cc4)no3)CC2)cc1. The Bertz CT molecular complexity index is 1010. The number of aromatic nitrogens is 2. The van der Waals surface area contributed by atoms with Crippen LogP contribution in [0.5, 0.6) is 0 Å². The fourth-order valence-corrected chi connectivity index (χ4v) is 4.57. The van der Waals surface area contributed by atoms with Crippen molar-refractivity contribution in [2.75, 3.05) is 25.4 Å². The van der Waals surface area contributed by atoms with Crippen LogP contribution in [0.2, 0.25) is 0 Å². The fourth-order valence-electron chi connectivity index (χ4n) is 3.81. The molecule has 4 rings (SSSR count). The number of rotatable bonds is 8. The van der Waals surface area contributed by atoms with Crippen molar-refractivity contribution in [3.05, 3.63) is 65.5 Å². The molecule has 6 nitrogen and oxygen atoms in total. The van der Waals surface area contributed by atoms with Crippen molar-refractivity contribution in [1.29, 1.82) is 0 Å².